The van der Waals surface area contributed by atoms with Crippen LogP contribution in [0.3, 0.4) is 0 Å². The first-order chi connectivity index (χ1) is 13.5. The van der Waals surface area contributed by atoms with Crippen molar-refractivity contribution in [3.8, 4) is 17.2 Å². The van der Waals surface area contributed by atoms with E-state index in [2.05, 4.69) is 20.8 Å². The number of phenolic OH excluding ortho intramolecular Hbond substituents is 1. The minimum Gasteiger partial charge on any atom is -0.508 e. The number of ketones is 1. The molecule has 4 nitrogen and oxygen atoms in total. The van der Waals surface area contributed by atoms with Crippen molar-refractivity contribution in [2.75, 3.05) is 0 Å². The summed E-state index contributed by atoms with van der Waals surface area (Å²) in [7, 11) is 0. The molecule has 0 bridgehead atoms. The molecule has 0 radical (unpaired) electrons. The van der Waals surface area contributed by atoms with Gasteiger partial charge in [-0.25, -0.2) is 0 Å². The lowest BCUT2D eigenvalue weighted by molar-refractivity contribution is 0.104. The number of ether oxygens (including phenoxy) is 2. The summed E-state index contributed by atoms with van der Waals surface area (Å²) in [6.45, 7) is 14.3. The van der Waals surface area contributed by atoms with Crippen LogP contribution in [0.5, 0.6) is 17.2 Å². The number of carbonyl (C=O) groups excluding carboxylic acids is 1. The maximum absolute atomic E-state index is 12.6. The van der Waals surface area contributed by atoms with Crippen LogP contribution in [0.2, 0.25) is 0 Å². The summed E-state index contributed by atoms with van der Waals surface area (Å²) in [6, 6.07) is 10.1. The Labute approximate surface area is 174 Å². The smallest absolute Gasteiger partial charge is 0.185 e. The zero-order chi connectivity index (χ0) is 21.8. The van der Waals surface area contributed by atoms with E-state index in [1.54, 1.807) is 18.2 Å². The number of rotatable bonds is 7. The monoisotopic (exact) mass is 396 g/mol. The molecule has 156 valence electrons. The van der Waals surface area contributed by atoms with Crippen molar-refractivity contribution < 1.29 is 19.4 Å². The maximum atomic E-state index is 12.6. The van der Waals surface area contributed by atoms with Crippen LogP contribution in [-0.2, 0) is 5.41 Å². The average molecular weight is 397 g/mol. The Morgan fingerprint density at radius 3 is 2.07 bits per heavy atom. The first-order valence-corrected chi connectivity index (χ1v) is 10.0. The van der Waals surface area contributed by atoms with E-state index in [9.17, 15) is 9.90 Å². The second-order valence-electron chi connectivity index (χ2n) is 8.71. The van der Waals surface area contributed by atoms with Crippen molar-refractivity contribution in [3.05, 3.63) is 59.2 Å². The molecule has 0 aliphatic heterocycles. The molecule has 1 N–H and O–H groups in total. The second kappa shape index (κ2) is 9.17. The fraction of sp³-hybridized carbons (Fsp3) is 0.400. The molecule has 0 aliphatic carbocycles. The highest BCUT2D eigenvalue weighted by molar-refractivity contribution is 6.07. The summed E-state index contributed by atoms with van der Waals surface area (Å²) < 4.78 is 12.0. The third kappa shape index (κ3) is 6.38. The SMILES string of the molecule is CC(C)Oc1cc(/C=C/C(=O)c2ccc(O)cc2)c(C(C)(C)C)c(OC(C)C)c1. The normalized spacial score (nSPS) is 12.0. The Morgan fingerprint density at radius 2 is 1.55 bits per heavy atom. The van der Waals surface area contributed by atoms with Crippen LogP contribution in [0.15, 0.2) is 42.5 Å². The predicted molar refractivity (Wildman–Crippen MR) is 118 cm³/mol. The Kier molecular flexibility index (Phi) is 7.12. The summed E-state index contributed by atoms with van der Waals surface area (Å²) in [4.78, 5) is 12.6. The molecule has 0 saturated carbocycles. The van der Waals surface area contributed by atoms with Gasteiger partial charge in [0.2, 0.25) is 0 Å². The average Bonchev–Trinajstić information content (AvgIpc) is 2.57. The van der Waals surface area contributed by atoms with Gasteiger partial charge in [0.1, 0.15) is 17.2 Å². The summed E-state index contributed by atoms with van der Waals surface area (Å²) in [6.07, 6.45) is 3.41. The maximum Gasteiger partial charge on any atom is 0.185 e. The number of hydrogen-bond acceptors (Lipinski definition) is 4. The Morgan fingerprint density at radius 1 is 0.966 bits per heavy atom. The fourth-order valence-electron chi connectivity index (χ4n) is 3.12. The number of allylic oxidation sites excluding steroid dienone is 1. The third-order valence-electron chi connectivity index (χ3n) is 4.16. The van der Waals surface area contributed by atoms with Gasteiger partial charge in [-0.05, 0) is 75.1 Å². The van der Waals surface area contributed by atoms with Gasteiger partial charge in [-0.2, -0.15) is 0 Å². The first-order valence-electron chi connectivity index (χ1n) is 10.0. The Balaban J connectivity index is 2.53. The van der Waals surface area contributed by atoms with Crippen molar-refractivity contribution in [2.45, 2.75) is 66.1 Å². The van der Waals surface area contributed by atoms with Crippen molar-refractivity contribution in [3.63, 3.8) is 0 Å². The number of carbonyl (C=O) groups is 1. The molecule has 0 aliphatic rings. The van der Waals surface area contributed by atoms with Gasteiger partial charge in [0.15, 0.2) is 5.78 Å². The van der Waals surface area contributed by atoms with Gasteiger partial charge in [0.25, 0.3) is 0 Å². The Hall–Kier alpha value is -2.75. The molecule has 0 aromatic heterocycles. The minimum atomic E-state index is -0.193. The lowest BCUT2D eigenvalue weighted by Gasteiger charge is -2.27. The van der Waals surface area contributed by atoms with Gasteiger partial charge in [-0.15, -0.1) is 0 Å². The van der Waals surface area contributed by atoms with Gasteiger partial charge in [0.05, 0.1) is 12.2 Å². The fourth-order valence-corrected chi connectivity index (χ4v) is 3.12. The zero-order valence-corrected chi connectivity index (χ0v) is 18.4. The molecule has 2 aromatic carbocycles. The lowest BCUT2D eigenvalue weighted by Crippen LogP contribution is -2.18. The van der Waals surface area contributed by atoms with E-state index in [0.717, 1.165) is 16.9 Å². The molecule has 2 aromatic rings. The molecule has 4 heteroatoms. The molecule has 0 fully saturated rings. The quantitative estimate of drug-likeness (QED) is 0.450. The van der Waals surface area contributed by atoms with Gasteiger partial charge in [0, 0.05) is 17.2 Å². The van der Waals surface area contributed by atoms with E-state index in [0.29, 0.717) is 11.3 Å². The molecule has 29 heavy (non-hydrogen) atoms. The van der Waals surface area contributed by atoms with E-state index >= 15 is 0 Å². The van der Waals surface area contributed by atoms with Gasteiger partial charge >= 0.3 is 0 Å². The third-order valence-corrected chi connectivity index (χ3v) is 4.16. The van der Waals surface area contributed by atoms with Gasteiger partial charge in [-0.1, -0.05) is 26.8 Å². The number of benzene rings is 2. The van der Waals surface area contributed by atoms with E-state index in [-0.39, 0.29) is 29.2 Å². The first kappa shape index (κ1) is 22.5. The highest BCUT2D eigenvalue weighted by Crippen LogP contribution is 2.39. The highest BCUT2D eigenvalue weighted by Gasteiger charge is 2.24. The van der Waals surface area contributed by atoms with E-state index < -0.39 is 0 Å². The van der Waals surface area contributed by atoms with Crippen LogP contribution in [-0.4, -0.2) is 23.1 Å². The largest absolute Gasteiger partial charge is 0.508 e. The number of aromatic hydroxyl groups is 1. The van der Waals surface area contributed by atoms with Crippen molar-refractivity contribution in [2.24, 2.45) is 0 Å². The summed E-state index contributed by atoms with van der Waals surface area (Å²) in [5, 5.41) is 9.42. The molecule has 0 heterocycles. The summed E-state index contributed by atoms with van der Waals surface area (Å²) >= 11 is 0. The summed E-state index contributed by atoms with van der Waals surface area (Å²) in [5.41, 5.74) is 2.24. The topological polar surface area (TPSA) is 55.8 Å². The molecule has 0 atom stereocenters. The van der Waals surface area contributed by atoms with Crippen molar-refractivity contribution >= 4 is 11.9 Å². The van der Waals surface area contributed by atoms with E-state index in [4.69, 9.17) is 9.47 Å². The van der Waals surface area contributed by atoms with Crippen molar-refractivity contribution in [1.82, 2.24) is 0 Å². The second-order valence-corrected chi connectivity index (χ2v) is 8.71. The summed E-state index contributed by atoms with van der Waals surface area (Å²) in [5.74, 6) is 1.48. The van der Waals surface area contributed by atoms with Crippen LogP contribution >= 0.6 is 0 Å². The van der Waals surface area contributed by atoms with Gasteiger partial charge in [-0.3, -0.25) is 4.79 Å². The minimum absolute atomic E-state index is 0.0147. The van der Waals surface area contributed by atoms with Gasteiger partial charge < -0.3 is 14.6 Å². The zero-order valence-electron chi connectivity index (χ0n) is 18.4. The number of hydrogen-bond donors (Lipinski definition) is 1. The van der Waals surface area contributed by atoms with Crippen LogP contribution < -0.4 is 9.47 Å². The number of phenols is 1. The molecule has 0 unspecified atom stereocenters. The molecule has 2 rings (SSSR count). The van der Waals surface area contributed by atoms with Crippen LogP contribution in [0.4, 0.5) is 0 Å². The molecular formula is C25H32O4. The van der Waals surface area contributed by atoms with Crippen LogP contribution in [0, 0.1) is 0 Å². The lowest BCUT2D eigenvalue weighted by atomic mass is 9.82. The molecular weight excluding hydrogens is 364 g/mol. The Bertz CT molecular complexity index is 869. The van der Waals surface area contributed by atoms with Crippen molar-refractivity contribution in [1.29, 1.82) is 0 Å². The molecule has 0 saturated heterocycles. The highest BCUT2D eigenvalue weighted by atomic mass is 16.5. The molecule has 0 spiro atoms. The van der Waals surface area contributed by atoms with E-state index in [1.165, 1.54) is 12.1 Å². The predicted octanol–water partition coefficient (Wildman–Crippen LogP) is 6.16. The molecule has 0 amide bonds. The standard InChI is InChI=1S/C25H32O4/c1-16(2)28-21-14-19(10-13-22(27)18-8-11-20(26)12-9-18)24(25(5,6)7)23(15-21)29-17(3)4/h8-17,26H,1-7H3/b13-10+. The van der Waals surface area contributed by atoms with Crippen LogP contribution in [0.1, 0.15) is 70.0 Å². The van der Waals surface area contributed by atoms with Crippen LogP contribution in [0.25, 0.3) is 6.08 Å². The van der Waals surface area contributed by atoms with E-state index in [1.807, 2.05) is 45.9 Å².